The molecule has 1 N–H and O–H groups in total. The zero-order chi connectivity index (χ0) is 22.9. The lowest BCUT2D eigenvalue weighted by Crippen LogP contribution is -2.35. The van der Waals surface area contributed by atoms with Gasteiger partial charge in [-0.2, -0.15) is 0 Å². The predicted molar refractivity (Wildman–Crippen MR) is 125 cm³/mol. The third-order valence-electron chi connectivity index (χ3n) is 4.72. The van der Waals surface area contributed by atoms with Crippen LogP contribution >= 0.6 is 15.9 Å². The number of anilines is 1. The van der Waals surface area contributed by atoms with Gasteiger partial charge in [-0.05, 0) is 24.3 Å². The summed E-state index contributed by atoms with van der Waals surface area (Å²) in [6.07, 6.45) is -0.145. The molecular weight excluding hydrogens is 474 g/mol. The molecule has 0 aromatic heterocycles. The second-order valence-electron chi connectivity index (χ2n) is 6.93. The molecule has 1 atom stereocenters. The van der Waals surface area contributed by atoms with E-state index in [0.717, 1.165) is 4.47 Å². The van der Waals surface area contributed by atoms with Crippen LogP contribution in [0.15, 0.2) is 83.3 Å². The Kier molecular flexibility index (Phi) is 8.16. The molecule has 0 unspecified atom stereocenters. The van der Waals surface area contributed by atoms with E-state index in [4.69, 9.17) is 9.47 Å². The van der Waals surface area contributed by atoms with Crippen molar-refractivity contribution in [2.24, 2.45) is 0 Å². The van der Waals surface area contributed by atoms with Crippen LogP contribution in [0.4, 0.5) is 5.69 Å². The third-order valence-corrected chi connectivity index (χ3v) is 5.25. The van der Waals surface area contributed by atoms with Crippen molar-refractivity contribution in [3.63, 3.8) is 0 Å². The first-order valence-corrected chi connectivity index (χ1v) is 10.7. The molecule has 0 saturated heterocycles. The Balaban J connectivity index is 1.74. The highest BCUT2D eigenvalue weighted by atomic mass is 79.9. The molecule has 0 fully saturated rings. The number of hydrogen-bond donors (Lipinski definition) is 1. The fourth-order valence-corrected chi connectivity index (χ4v) is 3.29. The van der Waals surface area contributed by atoms with E-state index in [-0.39, 0.29) is 18.0 Å². The number of ether oxygens (including phenoxy) is 2. The smallest absolute Gasteiger partial charge is 0.329 e. The van der Waals surface area contributed by atoms with Crippen molar-refractivity contribution in [2.75, 3.05) is 19.0 Å². The first kappa shape index (κ1) is 23.2. The van der Waals surface area contributed by atoms with Crippen LogP contribution in [0.1, 0.15) is 27.1 Å². The van der Waals surface area contributed by atoms with Crippen molar-refractivity contribution >= 4 is 39.2 Å². The van der Waals surface area contributed by atoms with Crippen LogP contribution in [0.2, 0.25) is 0 Å². The van der Waals surface area contributed by atoms with Crippen molar-refractivity contribution < 1.29 is 23.9 Å². The van der Waals surface area contributed by atoms with Gasteiger partial charge in [0, 0.05) is 22.0 Å². The van der Waals surface area contributed by atoms with E-state index in [9.17, 15) is 14.4 Å². The first-order chi connectivity index (χ1) is 15.5. The van der Waals surface area contributed by atoms with Gasteiger partial charge in [-0.1, -0.05) is 70.5 Å². The van der Waals surface area contributed by atoms with Crippen LogP contribution in [0.5, 0.6) is 5.75 Å². The molecule has 0 heterocycles. The average molecular weight is 496 g/mol. The molecule has 3 rings (SSSR count). The second-order valence-corrected chi connectivity index (χ2v) is 7.84. The van der Waals surface area contributed by atoms with E-state index in [1.807, 2.05) is 6.07 Å². The van der Waals surface area contributed by atoms with Crippen LogP contribution in [0, 0.1) is 0 Å². The minimum Gasteiger partial charge on any atom is -0.495 e. The van der Waals surface area contributed by atoms with E-state index in [0.29, 0.717) is 22.6 Å². The van der Waals surface area contributed by atoms with Crippen molar-refractivity contribution in [2.45, 2.75) is 12.5 Å². The number of carbonyl (C=O) groups is 3. The summed E-state index contributed by atoms with van der Waals surface area (Å²) in [5.41, 5.74) is 1.45. The molecular formula is C25H22BrNO5. The highest BCUT2D eigenvalue weighted by molar-refractivity contribution is 9.10. The number of methoxy groups -OCH3 is 1. The second kappa shape index (κ2) is 11.2. The number of hydrogen-bond acceptors (Lipinski definition) is 6. The number of para-hydroxylation sites is 2. The number of halogens is 1. The molecule has 0 spiro atoms. The van der Waals surface area contributed by atoms with Gasteiger partial charge in [-0.3, -0.25) is 9.59 Å². The largest absolute Gasteiger partial charge is 0.495 e. The van der Waals surface area contributed by atoms with Crippen LogP contribution in [-0.2, 0) is 9.53 Å². The van der Waals surface area contributed by atoms with Crippen LogP contribution in [0.3, 0.4) is 0 Å². The lowest BCUT2D eigenvalue weighted by Gasteiger charge is -2.19. The average Bonchev–Trinajstić information content (AvgIpc) is 2.83. The Bertz CT molecular complexity index is 1080. The maximum absolute atomic E-state index is 12.9. The van der Waals surface area contributed by atoms with E-state index in [2.05, 4.69) is 21.2 Å². The van der Waals surface area contributed by atoms with E-state index >= 15 is 0 Å². The molecule has 0 aliphatic heterocycles. The topological polar surface area (TPSA) is 81.7 Å². The maximum Gasteiger partial charge on any atom is 0.329 e. The van der Waals surface area contributed by atoms with Crippen molar-refractivity contribution in [1.82, 2.24) is 0 Å². The molecule has 0 radical (unpaired) electrons. The van der Waals surface area contributed by atoms with Gasteiger partial charge in [-0.25, -0.2) is 4.79 Å². The van der Waals surface area contributed by atoms with Crippen LogP contribution in [-0.4, -0.2) is 37.3 Å². The van der Waals surface area contributed by atoms with E-state index < -0.39 is 18.6 Å². The van der Waals surface area contributed by atoms with Crippen molar-refractivity contribution in [3.8, 4) is 5.75 Å². The molecule has 7 heteroatoms. The highest BCUT2D eigenvalue weighted by Gasteiger charge is 2.26. The molecule has 0 saturated carbocycles. The van der Waals surface area contributed by atoms with E-state index in [1.165, 1.54) is 7.11 Å². The predicted octanol–water partition coefficient (Wildman–Crippen LogP) is 4.94. The zero-order valence-corrected chi connectivity index (χ0v) is 19.0. The van der Waals surface area contributed by atoms with Gasteiger partial charge in [0.15, 0.2) is 18.2 Å². The van der Waals surface area contributed by atoms with Gasteiger partial charge in [0.05, 0.1) is 12.8 Å². The Hall–Kier alpha value is -3.45. The van der Waals surface area contributed by atoms with Crippen LogP contribution < -0.4 is 10.1 Å². The first-order valence-electron chi connectivity index (χ1n) is 9.91. The lowest BCUT2D eigenvalue weighted by molar-refractivity contribution is -0.143. The monoisotopic (exact) mass is 495 g/mol. The molecule has 6 nitrogen and oxygen atoms in total. The summed E-state index contributed by atoms with van der Waals surface area (Å²) in [5.74, 6) is -0.750. The normalized spacial score (nSPS) is 11.3. The summed E-state index contributed by atoms with van der Waals surface area (Å²) in [7, 11) is 1.51. The van der Waals surface area contributed by atoms with Gasteiger partial charge < -0.3 is 14.8 Å². The number of ketones is 2. The van der Waals surface area contributed by atoms with Gasteiger partial charge >= 0.3 is 5.97 Å². The Morgan fingerprint density at radius 1 is 0.844 bits per heavy atom. The van der Waals surface area contributed by atoms with Crippen molar-refractivity contribution in [3.05, 3.63) is 94.5 Å². The summed E-state index contributed by atoms with van der Waals surface area (Å²) in [5, 5.41) is 3.03. The summed E-state index contributed by atoms with van der Waals surface area (Å²) >= 11 is 3.31. The number of Topliss-reactive ketones (excluding diaryl/α,β-unsaturated/α-hetero) is 2. The van der Waals surface area contributed by atoms with Gasteiger partial charge in [-0.15, -0.1) is 0 Å². The molecule has 0 aliphatic rings. The minimum absolute atomic E-state index is 0.145. The van der Waals surface area contributed by atoms with Gasteiger partial charge in [0.1, 0.15) is 11.8 Å². The Morgan fingerprint density at radius 2 is 1.47 bits per heavy atom. The Morgan fingerprint density at radius 3 is 2.16 bits per heavy atom. The van der Waals surface area contributed by atoms with Crippen LogP contribution in [0.25, 0.3) is 0 Å². The summed E-state index contributed by atoms with van der Waals surface area (Å²) < 4.78 is 11.4. The maximum atomic E-state index is 12.9. The zero-order valence-electron chi connectivity index (χ0n) is 17.4. The van der Waals surface area contributed by atoms with Gasteiger partial charge in [0.2, 0.25) is 0 Å². The number of nitrogens with one attached hydrogen (secondary N) is 1. The molecule has 0 bridgehead atoms. The number of esters is 1. The third kappa shape index (κ3) is 6.28. The minimum atomic E-state index is -1.00. The molecule has 3 aromatic rings. The molecule has 3 aromatic carbocycles. The van der Waals surface area contributed by atoms with Crippen molar-refractivity contribution in [1.29, 1.82) is 0 Å². The number of carbonyl (C=O) groups excluding carboxylic acids is 3. The molecule has 0 aliphatic carbocycles. The molecule has 32 heavy (non-hydrogen) atoms. The summed E-state index contributed by atoms with van der Waals surface area (Å²) in [6, 6.07) is 21.5. The quantitative estimate of drug-likeness (QED) is 0.317. The Labute approximate surface area is 194 Å². The molecule has 0 amide bonds. The SMILES string of the molecule is COc1ccccc1N[C@@H](CC(=O)c1ccccc1)C(=O)OCC(=O)c1ccc(Br)cc1. The van der Waals surface area contributed by atoms with E-state index in [1.54, 1.807) is 72.8 Å². The summed E-state index contributed by atoms with van der Waals surface area (Å²) in [4.78, 5) is 38.0. The number of benzene rings is 3. The standard InChI is InChI=1S/C25H22BrNO5/c1-31-24-10-6-5-9-20(24)27-21(15-22(28)17-7-3-2-4-8-17)25(30)32-16-23(29)18-11-13-19(26)14-12-18/h2-14,21,27H,15-16H2,1H3/t21-/m0/s1. The lowest BCUT2D eigenvalue weighted by atomic mass is 10.0. The molecule has 164 valence electrons. The highest BCUT2D eigenvalue weighted by Crippen LogP contribution is 2.25. The number of rotatable bonds is 10. The summed E-state index contributed by atoms with van der Waals surface area (Å²) in [6.45, 7) is -0.426. The fraction of sp³-hybridized carbons (Fsp3) is 0.160. The fourth-order valence-electron chi connectivity index (χ4n) is 3.03. The van der Waals surface area contributed by atoms with Gasteiger partial charge in [0.25, 0.3) is 0 Å².